The summed E-state index contributed by atoms with van der Waals surface area (Å²) in [5, 5.41) is 6.79. The Morgan fingerprint density at radius 3 is 3.06 bits per heavy atom. The van der Waals surface area contributed by atoms with Gasteiger partial charge < -0.3 is 10.6 Å². The van der Waals surface area contributed by atoms with Gasteiger partial charge in [0.25, 0.3) is 0 Å². The van der Waals surface area contributed by atoms with Crippen LogP contribution in [0.5, 0.6) is 0 Å². The van der Waals surface area contributed by atoms with Crippen LogP contribution < -0.4 is 10.6 Å². The molecule has 0 aromatic heterocycles. The molecular weight excluding hydrogens is 316 g/mol. The Labute approximate surface area is 120 Å². The van der Waals surface area contributed by atoms with Gasteiger partial charge in [-0.05, 0) is 59.4 Å². The molecule has 1 aliphatic heterocycles. The average molecular weight is 332 g/mol. The number of piperidine rings is 1. The average Bonchev–Trinajstić information content (AvgIpc) is 2.34. The Morgan fingerprint density at radius 2 is 2.33 bits per heavy atom. The Kier molecular flexibility index (Phi) is 4.65. The van der Waals surface area contributed by atoms with Gasteiger partial charge in [0.05, 0.1) is 11.7 Å². The molecule has 0 aliphatic carbocycles. The minimum Gasteiger partial charge on any atom is -0.324 e. The third-order valence-corrected chi connectivity index (χ3v) is 4.16. The second-order valence-corrected chi connectivity index (χ2v) is 5.96. The fourth-order valence-electron chi connectivity index (χ4n) is 2.20. The smallest absolute Gasteiger partial charge is 0.241 e. The zero-order valence-electron chi connectivity index (χ0n) is 10.2. The summed E-state index contributed by atoms with van der Waals surface area (Å²) in [5.41, 5.74) is 0.715. The van der Waals surface area contributed by atoms with Crippen LogP contribution >= 0.6 is 27.5 Å². The molecule has 1 aliphatic rings. The highest BCUT2D eigenvalue weighted by atomic mass is 79.9. The van der Waals surface area contributed by atoms with Gasteiger partial charge in [0.1, 0.15) is 0 Å². The molecule has 1 heterocycles. The van der Waals surface area contributed by atoms with Crippen molar-refractivity contribution in [3.8, 4) is 0 Å². The van der Waals surface area contributed by atoms with Crippen molar-refractivity contribution in [1.82, 2.24) is 5.32 Å². The molecule has 0 bridgehead atoms. The topological polar surface area (TPSA) is 41.1 Å². The zero-order chi connectivity index (χ0) is 13.1. The van der Waals surface area contributed by atoms with E-state index in [1.54, 1.807) is 12.1 Å². The van der Waals surface area contributed by atoms with Gasteiger partial charge in [-0.3, -0.25) is 4.79 Å². The summed E-state index contributed by atoms with van der Waals surface area (Å²) in [5.74, 6) is 0.363. The molecule has 1 aromatic carbocycles. The number of anilines is 1. The van der Waals surface area contributed by atoms with Crippen molar-refractivity contribution in [3.05, 3.63) is 27.7 Å². The maximum Gasteiger partial charge on any atom is 0.241 e. The maximum absolute atomic E-state index is 12.2. The van der Waals surface area contributed by atoms with Crippen LogP contribution in [-0.2, 0) is 4.79 Å². The zero-order valence-corrected chi connectivity index (χ0v) is 12.5. The van der Waals surface area contributed by atoms with E-state index in [0.717, 1.165) is 23.9 Å². The van der Waals surface area contributed by atoms with E-state index < -0.39 is 0 Å². The van der Waals surface area contributed by atoms with Gasteiger partial charge in [-0.25, -0.2) is 0 Å². The summed E-state index contributed by atoms with van der Waals surface area (Å²) in [7, 11) is 0. The summed E-state index contributed by atoms with van der Waals surface area (Å²) in [6.07, 6.45) is 2.22. The molecule has 98 valence electrons. The molecular formula is C13H16BrClN2O. The third-order valence-electron chi connectivity index (χ3n) is 3.24. The molecule has 0 spiro atoms. The maximum atomic E-state index is 12.2. The van der Waals surface area contributed by atoms with Crippen molar-refractivity contribution in [3.63, 3.8) is 0 Å². The highest BCUT2D eigenvalue weighted by Gasteiger charge is 2.27. The van der Waals surface area contributed by atoms with Gasteiger partial charge in [0, 0.05) is 9.50 Å². The lowest BCUT2D eigenvalue weighted by Gasteiger charge is -2.29. The molecule has 2 rings (SSSR count). The van der Waals surface area contributed by atoms with Crippen molar-refractivity contribution in [1.29, 1.82) is 0 Å². The SMILES string of the molecule is CC1CCCNC1C(=O)Nc1cc(Cl)ccc1Br. The summed E-state index contributed by atoms with van der Waals surface area (Å²) in [6, 6.07) is 5.24. The first-order valence-corrected chi connectivity index (χ1v) is 7.24. The first kappa shape index (κ1) is 13.8. The van der Waals surface area contributed by atoms with Crippen LogP contribution in [0.1, 0.15) is 19.8 Å². The molecule has 1 fully saturated rings. The molecule has 1 amide bonds. The van der Waals surface area contributed by atoms with E-state index in [1.165, 1.54) is 0 Å². The fourth-order valence-corrected chi connectivity index (χ4v) is 2.72. The van der Waals surface area contributed by atoms with Gasteiger partial charge in [-0.2, -0.15) is 0 Å². The van der Waals surface area contributed by atoms with Crippen LogP contribution in [0.4, 0.5) is 5.69 Å². The number of amides is 1. The predicted molar refractivity (Wildman–Crippen MR) is 78.0 cm³/mol. The molecule has 2 unspecified atom stereocenters. The fraction of sp³-hybridized carbons (Fsp3) is 0.462. The monoisotopic (exact) mass is 330 g/mol. The molecule has 2 N–H and O–H groups in total. The molecule has 5 heteroatoms. The van der Waals surface area contributed by atoms with Crippen LogP contribution in [0.25, 0.3) is 0 Å². The number of benzene rings is 1. The Balaban J connectivity index is 2.08. The number of rotatable bonds is 2. The van der Waals surface area contributed by atoms with E-state index in [2.05, 4.69) is 33.5 Å². The lowest BCUT2D eigenvalue weighted by molar-refractivity contribution is -0.119. The van der Waals surface area contributed by atoms with Gasteiger partial charge in [0.2, 0.25) is 5.91 Å². The summed E-state index contributed by atoms with van der Waals surface area (Å²) >= 11 is 9.33. The van der Waals surface area contributed by atoms with Crippen LogP contribution in [0.2, 0.25) is 5.02 Å². The van der Waals surface area contributed by atoms with E-state index in [-0.39, 0.29) is 11.9 Å². The van der Waals surface area contributed by atoms with Gasteiger partial charge in [0.15, 0.2) is 0 Å². The summed E-state index contributed by atoms with van der Waals surface area (Å²) < 4.78 is 0.837. The van der Waals surface area contributed by atoms with Crippen LogP contribution in [0, 0.1) is 5.92 Å². The van der Waals surface area contributed by atoms with Crippen molar-refractivity contribution < 1.29 is 4.79 Å². The number of carbonyl (C=O) groups excluding carboxylic acids is 1. The quantitative estimate of drug-likeness (QED) is 0.872. The van der Waals surface area contributed by atoms with Gasteiger partial charge in [-0.1, -0.05) is 18.5 Å². The first-order chi connectivity index (χ1) is 8.58. The highest BCUT2D eigenvalue weighted by Crippen LogP contribution is 2.26. The normalized spacial score (nSPS) is 23.7. The lowest BCUT2D eigenvalue weighted by atomic mass is 9.92. The van der Waals surface area contributed by atoms with Crippen molar-refractivity contribution >= 4 is 39.1 Å². The summed E-state index contributed by atoms with van der Waals surface area (Å²) in [6.45, 7) is 3.00. The minimum atomic E-state index is -0.121. The Morgan fingerprint density at radius 1 is 1.56 bits per heavy atom. The van der Waals surface area contributed by atoms with E-state index >= 15 is 0 Å². The molecule has 0 radical (unpaired) electrons. The van der Waals surface area contributed by atoms with Crippen LogP contribution in [-0.4, -0.2) is 18.5 Å². The van der Waals surface area contributed by atoms with Gasteiger partial charge in [-0.15, -0.1) is 0 Å². The number of halogens is 2. The second kappa shape index (κ2) is 6.04. The summed E-state index contributed by atoms with van der Waals surface area (Å²) in [4.78, 5) is 12.2. The van der Waals surface area contributed by atoms with Gasteiger partial charge >= 0.3 is 0 Å². The predicted octanol–water partition coefficient (Wildman–Crippen LogP) is 3.43. The molecule has 18 heavy (non-hydrogen) atoms. The highest BCUT2D eigenvalue weighted by molar-refractivity contribution is 9.10. The molecule has 2 atom stereocenters. The molecule has 1 aromatic rings. The van der Waals surface area contributed by atoms with Crippen molar-refractivity contribution in [2.75, 3.05) is 11.9 Å². The number of hydrogen-bond acceptors (Lipinski definition) is 2. The largest absolute Gasteiger partial charge is 0.324 e. The second-order valence-electron chi connectivity index (χ2n) is 4.66. The van der Waals surface area contributed by atoms with Crippen molar-refractivity contribution in [2.45, 2.75) is 25.8 Å². The Bertz CT molecular complexity index is 453. The molecule has 1 saturated heterocycles. The van der Waals surface area contributed by atoms with E-state index in [0.29, 0.717) is 16.6 Å². The van der Waals surface area contributed by atoms with Crippen molar-refractivity contribution in [2.24, 2.45) is 5.92 Å². The number of hydrogen-bond donors (Lipinski definition) is 2. The van der Waals surface area contributed by atoms with E-state index in [9.17, 15) is 4.79 Å². The molecule has 0 saturated carbocycles. The lowest BCUT2D eigenvalue weighted by Crippen LogP contribution is -2.48. The van der Waals surface area contributed by atoms with Crippen LogP contribution in [0.3, 0.4) is 0 Å². The standard InChI is InChI=1S/C13H16BrClN2O/c1-8-3-2-6-16-12(8)13(18)17-11-7-9(15)4-5-10(11)14/h4-5,7-8,12,16H,2-3,6H2,1H3,(H,17,18). The number of nitrogens with one attached hydrogen (secondary N) is 2. The van der Waals surface area contributed by atoms with Crippen LogP contribution in [0.15, 0.2) is 22.7 Å². The van der Waals surface area contributed by atoms with E-state index in [1.807, 2.05) is 6.07 Å². The molecule has 3 nitrogen and oxygen atoms in total. The first-order valence-electron chi connectivity index (χ1n) is 6.07. The third kappa shape index (κ3) is 3.25. The Hall–Kier alpha value is -0.580. The van der Waals surface area contributed by atoms with E-state index in [4.69, 9.17) is 11.6 Å². The minimum absolute atomic E-state index is 0.00478. The number of carbonyl (C=O) groups is 1.